The number of hydrogen-bond donors (Lipinski definition) is 0. The molecule has 0 bridgehead atoms. The van der Waals surface area contributed by atoms with Crippen LogP contribution in [-0.2, 0) is 0 Å². The van der Waals surface area contributed by atoms with Crippen LogP contribution in [0.25, 0.3) is 0 Å². The van der Waals surface area contributed by atoms with E-state index < -0.39 is 0 Å². The topological polar surface area (TPSA) is 15.6 Å². The van der Waals surface area contributed by atoms with Gasteiger partial charge >= 0.3 is 0 Å². The van der Waals surface area contributed by atoms with E-state index in [4.69, 9.17) is 5.10 Å². The van der Waals surface area contributed by atoms with Crippen LogP contribution < -0.4 is 5.01 Å². The standard InChI is InChI=1S/C20H18N2S/c1-23-20-14-12-17(13-15-20)16-21-22(18-8-4-2-5-9-18)19-10-6-3-7-11-19/h2-16H,1H3/b21-16-. The predicted octanol–water partition coefficient (Wildman–Crippen LogP) is 5.58. The Bertz CT molecular complexity index is 713. The van der Waals surface area contributed by atoms with Crippen molar-refractivity contribution in [3.05, 3.63) is 90.5 Å². The molecule has 0 saturated heterocycles. The van der Waals surface area contributed by atoms with Gasteiger partial charge in [-0.3, -0.25) is 0 Å². The van der Waals surface area contributed by atoms with E-state index in [-0.39, 0.29) is 0 Å². The molecule has 114 valence electrons. The van der Waals surface area contributed by atoms with Gasteiger partial charge in [-0.05, 0) is 48.2 Å². The molecule has 0 unspecified atom stereocenters. The average Bonchev–Trinajstić information content (AvgIpc) is 2.64. The van der Waals surface area contributed by atoms with Crippen LogP contribution in [0.15, 0.2) is 94.9 Å². The number of nitrogens with zero attached hydrogens (tertiary/aromatic N) is 2. The molecule has 23 heavy (non-hydrogen) atoms. The highest BCUT2D eigenvalue weighted by atomic mass is 32.2. The molecule has 0 fully saturated rings. The van der Waals surface area contributed by atoms with E-state index in [1.807, 2.05) is 47.6 Å². The zero-order valence-corrected chi connectivity index (χ0v) is 13.8. The summed E-state index contributed by atoms with van der Waals surface area (Å²) in [7, 11) is 0. The third-order valence-corrected chi connectivity index (χ3v) is 4.18. The Hall–Kier alpha value is -2.52. The van der Waals surface area contributed by atoms with Crippen molar-refractivity contribution in [2.45, 2.75) is 4.90 Å². The molecule has 3 heteroatoms. The molecule has 0 spiro atoms. The summed E-state index contributed by atoms with van der Waals surface area (Å²) in [5.41, 5.74) is 3.16. The highest BCUT2D eigenvalue weighted by Gasteiger charge is 2.06. The molecule has 0 aliphatic carbocycles. The van der Waals surface area contributed by atoms with Gasteiger partial charge in [0.25, 0.3) is 0 Å². The van der Waals surface area contributed by atoms with E-state index in [1.54, 1.807) is 11.8 Å². The van der Waals surface area contributed by atoms with Crippen LogP contribution in [0.2, 0.25) is 0 Å². The van der Waals surface area contributed by atoms with Crippen LogP contribution in [0, 0.1) is 0 Å². The van der Waals surface area contributed by atoms with Gasteiger partial charge in [0.1, 0.15) is 0 Å². The Balaban J connectivity index is 1.91. The van der Waals surface area contributed by atoms with Gasteiger partial charge in [-0.15, -0.1) is 11.8 Å². The fraction of sp³-hybridized carbons (Fsp3) is 0.0500. The molecule has 0 atom stereocenters. The van der Waals surface area contributed by atoms with E-state index >= 15 is 0 Å². The van der Waals surface area contributed by atoms with Crippen LogP contribution in [0.1, 0.15) is 5.56 Å². The van der Waals surface area contributed by atoms with Gasteiger partial charge in [0.15, 0.2) is 0 Å². The molecule has 3 aromatic carbocycles. The average molecular weight is 318 g/mol. The molecular weight excluding hydrogens is 300 g/mol. The number of para-hydroxylation sites is 2. The molecule has 3 aromatic rings. The van der Waals surface area contributed by atoms with Crippen molar-refractivity contribution >= 4 is 29.4 Å². The zero-order valence-electron chi connectivity index (χ0n) is 13.0. The summed E-state index contributed by atoms with van der Waals surface area (Å²) in [4.78, 5) is 1.25. The van der Waals surface area contributed by atoms with Crippen molar-refractivity contribution in [1.82, 2.24) is 0 Å². The van der Waals surface area contributed by atoms with Crippen LogP contribution >= 0.6 is 11.8 Å². The van der Waals surface area contributed by atoms with Crippen molar-refractivity contribution in [3.63, 3.8) is 0 Å². The first kappa shape index (κ1) is 15.4. The van der Waals surface area contributed by atoms with Crippen LogP contribution in [0.4, 0.5) is 11.4 Å². The second kappa shape index (κ2) is 7.65. The lowest BCUT2D eigenvalue weighted by molar-refractivity contribution is 1.09. The fourth-order valence-electron chi connectivity index (χ4n) is 2.24. The Kier molecular flexibility index (Phi) is 5.12. The Labute approximate surface area is 141 Å². The van der Waals surface area contributed by atoms with Crippen molar-refractivity contribution in [2.24, 2.45) is 5.10 Å². The van der Waals surface area contributed by atoms with Gasteiger partial charge in [-0.2, -0.15) is 5.10 Å². The first-order valence-electron chi connectivity index (χ1n) is 7.45. The maximum atomic E-state index is 4.69. The molecule has 0 saturated carbocycles. The van der Waals surface area contributed by atoms with Gasteiger partial charge < -0.3 is 0 Å². The molecule has 0 amide bonds. The third-order valence-electron chi connectivity index (χ3n) is 3.44. The summed E-state index contributed by atoms with van der Waals surface area (Å²) in [6.07, 6.45) is 3.97. The summed E-state index contributed by atoms with van der Waals surface area (Å²) in [5, 5.41) is 6.64. The smallest absolute Gasteiger partial charge is 0.0652 e. The van der Waals surface area contributed by atoms with Crippen molar-refractivity contribution in [1.29, 1.82) is 0 Å². The molecule has 3 rings (SSSR count). The van der Waals surface area contributed by atoms with E-state index in [0.29, 0.717) is 0 Å². The Morgan fingerprint density at radius 2 is 1.26 bits per heavy atom. The Morgan fingerprint density at radius 1 is 0.739 bits per heavy atom. The monoisotopic (exact) mass is 318 g/mol. The zero-order chi connectivity index (χ0) is 15.9. The lowest BCUT2D eigenvalue weighted by Crippen LogP contribution is -2.09. The summed E-state index contributed by atoms with van der Waals surface area (Å²) in [6.45, 7) is 0. The second-order valence-corrected chi connectivity index (χ2v) is 5.88. The number of benzene rings is 3. The molecule has 0 N–H and O–H groups in total. The third kappa shape index (κ3) is 4.02. The first-order valence-corrected chi connectivity index (χ1v) is 8.67. The van der Waals surface area contributed by atoms with E-state index in [1.165, 1.54) is 4.90 Å². The summed E-state index contributed by atoms with van der Waals surface area (Å²) in [5.74, 6) is 0. The minimum absolute atomic E-state index is 1.04. The minimum atomic E-state index is 1.04. The van der Waals surface area contributed by atoms with Crippen molar-refractivity contribution in [3.8, 4) is 0 Å². The summed E-state index contributed by atoms with van der Waals surface area (Å²) < 4.78 is 0. The van der Waals surface area contributed by atoms with Gasteiger partial charge in [-0.1, -0.05) is 48.5 Å². The molecule has 0 aliphatic heterocycles. The van der Waals surface area contributed by atoms with Gasteiger partial charge in [0.05, 0.1) is 17.6 Å². The molecule has 0 radical (unpaired) electrons. The minimum Gasteiger partial charge on any atom is -0.234 e. The number of hydrogen-bond acceptors (Lipinski definition) is 3. The number of hydrazone groups is 1. The van der Waals surface area contributed by atoms with Gasteiger partial charge in [0, 0.05) is 4.90 Å². The quantitative estimate of drug-likeness (QED) is 0.347. The van der Waals surface area contributed by atoms with Crippen molar-refractivity contribution < 1.29 is 0 Å². The van der Waals surface area contributed by atoms with Crippen molar-refractivity contribution in [2.75, 3.05) is 11.3 Å². The van der Waals surface area contributed by atoms with Crippen LogP contribution in [0.5, 0.6) is 0 Å². The summed E-state index contributed by atoms with van der Waals surface area (Å²) >= 11 is 1.74. The molecule has 0 aliphatic rings. The first-order chi connectivity index (χ1) is 11.4. The fourth-order valence-corrected chi connectivity index (χ4v) is 2.64. The lowest BCUT2D eigenvalue weighted by Gasteiger charge is -2.19. The van der Waals surface area contributed by atoms with Crippen LogP contribution in [0.3, 0.4) is 0 Å². The molecule has 2 nitrogen and oxygen atoms in total. The molecule has 0 heterocycles. The Morgan fingerprint density at radius 3 is 1.74 bits per heavy atom. The number of rotatable bonds is 5. The van der Waals surface area contributed by atoms with E-state index in [9.17, 15) is 0 Å². The van der Waals surface area contributed by atoms with E-state index in [2.05, 4.69) is 54.8 Å². The number of thioether (sulfide) groups is 1. The normalized spacial score (nSPS) is 10.8. The highest BCUT2D eigenvalue weighted by Crippen LogP contribution is 2.25. The predicted molar refractivity (Wildman–Crippen MR) is 101 cm³/mol. The highest BCUT2D eigenvalue weighted by molar-refractivity contribution is 7.98. The lowest BCUT2D eigenvalue weighted by atomic mass is 10.2. The largest absolute Gasteiger partial charge is 0.234 e. The second-order valence-electron chi connectivity index (χ2n) is 5.00. The maximum Gasteiger partial charge on any atom is 0.0652 e. The van der Waals surface area contributed by atoms with Crippen LogP contribution in [-0.4, -0.2) is 12.5 Å². The summed E-state index contributed by atoms with van der Waals surface area (Å²) in [6, 6.07) is 28.7. The number of anilines is 2. The van der Waals surface area contributed by atoms with Gasteiger partial charge in [-0.25, -0.2) is 5.01 Å². The molecule has 0 aromatic heterocycles. The van der Waals surface area contributed by atoms with Gasteiger partial charge in [0.2, 0.25) is 0 Å². The maximum absolute atomic E-state index is 4.69. The van der Waals surface area contributed by atoms with E-state index in [0.717, 1.165) is 16.9 Å². The molecular formula is C20H18N2S. The SMILES string of the molecule is CSc1ccc(/C=N\N(c2ccccc2)c2ccccc2)cc1.